The van der Waals surface area contributed by atoms with Gasteiger partial charge in [0.25, 0.3) is 0 Å². The molecule has 1 heterocycles. The van der Waals surface area contributed by atoms with Crippen LogP contribution < -0.4 is 0 Å². The van der Waals surface area contributed by atoms with Crippen LogP contribution in [0.4, 0.5) is 0 Å². The summed E-state index contributed by atoms with van der Waals surface area (Å²) in [5.41, 5.74) is 1.68. The van der Waals surface area contributed by atoms with Crippen LogP contribution in [-0.4, -0.2) is 30.2 Å². The Labute approximate surface area is 175 Å². The van der Waals surface area contributed by atoms with Gasteiger partial charge >= 0.3 is 0 Å². The van der Waals surface area contributed by atoms with E-state index in [0.29, 0.717) is 31.0 Å². The summed E-state index contributed by atoms with van der Waals surface area (Å²) in [4.78, 5) is 23.5. The molecule has 1 spiro atoms. The third kappa shape index (κ3) is 3.15. The normalized spacial score (nSPS) is 47.6. The first kappa shape index (κ1) is 20.4. The van der Waals surface area contributed by atoms with Crippen LogP contribution in [0.25, 0.3) is 0 Å². The lowest BCUT2D eigenvalue weighted by Gasteiger charge is -2.58. The van der Waals surface area contributed by atoms with Crippen molar-refractivity contribution in [3.05, 3.63) is 11.6 Å². The molecule has 0 amide bonds. The molecule has 5 heteroatoms. The second-order valence-electron chi connectivity index (χ2n) is 10.8. The molecule has 4 fully saturated rings. The van der Waals surface area contributed by atoms with Crippen molar-refractivity contribution < 1.29 is 24.7 Å². The lowest BCUT2D eigenvalue weighted by molar-refractivity contribution is -0.536. The monoisotopic (exact) mass is 406 g/mol. The molecule has 5 rings (SSSR count). The molecule has 1 aliphatic heterocycles. The van der Waals surface area contributed by atoms with Gasteiger partial charge in [-0.25, -0.2) is 9.78 Å². The quantitative estimate of drug-likeness (QED) is 0.449. The molecule has 0 radical (unpaired) electrons. The number of hydrogen-bond donors (Lipinski definition) is 1. The molecule has 164 valence electrons. The number of rotatable bonds is 0. The first-order valence-electron chi connectivity index (χ1n) is 12.0. The maximum absolute atomic E-state index is 10.2. The van der Waals surface area contributed by atoms with E-state index in [9.17, 15) is 5.11 Å². The first-order chi connectivity index (χ1) is 14.0. The summed E-state index contributed by atoms with van der Waals surface area (Å²) in [6.07, 6.45) is 13.7. The van der Waals surface area contributed by atoms with Gasteiger partial charge in [-0.3, -0.25) is 0 Å². The van der Waals surface area contributed by atoms with Crippen molar-refractivity contribution in [1.29, 1.82) is 0 Å². The minimum atomic E-state index is -0.784. The van der Waals surface area contributed by atoms with Gasteiger partial charge in [-0.05, 0) is 87.4 Å². The highest BCUT2D eigenvalue weighted by Gasteiger charge is 2.67. The lowest BCUT2D eigenvalue weighted by atomic mass is 9.47. The SMILES string of the molecule is C[C@]12CC[C@H](O)CC1=CC[C@@H]1[C@@H]2CC[C@@]2(C)[C@H]1CCC21OOCCCCCOO1. The lowest BCUT2D eigenvalue weighted by Crippen LogP contribution is -2.56. The van der Waals surface area contributed by atoms with E-state index in [2.05, 4.69) is 19.9 Å². The molecule has 29 heavy (non-hydrogen) atoms. The van der Waals surface area contributed by atoms with E-state index in [0.717, 1.165) is 64.2 Å². The average molecular weight is 407 g/mol. The van der Waals surface area contributed by atoms with Crippen molar-refractivity contribution in [3.63, 3.8) is 0 Å². The van der Waals surface area contributed by atoms with Crippen molar-refractivity contribution in [2.45, 2.75) is 96.4 Å². The van der Waals surface area contributed by atoms with E-state index in [4.69, 9.17) is 19.6 Å². The summed E-state index contributed by atoms with van der Waals surface area (Å²) < 4.78 is 0. The van der Waals surface area contributed by atoms with Crippen LogP contribution in [0.2, 0.25) is 0 Å². The Morgan fingerprint density at radius 3 is 2.38 bits per heavy atom. The van der Waals surface area contributed by atoms with Crippen molar-refractivity contribution in [3.8, 4) is 0 Å². The Balaban J connectivity index is 1.41. The third-order valence-electron chi connectivity index (χ3n) is 9.46. The standard InChI is InChI=1S/C24H38O5/c1-22-11-8-18(25)16-17(22)6-7-19-20(22)9-12-23(2)21(19)10-13-24(23)28-26-14-4-3-5-15-27-29-24/h6,18-21,25H,3-5,7-16H2,1-2H3/t18-,19+,20-,21-,22-,23-/m0/s1. The third-order valence-corrected chi connectivity index (χ3v) is 9.46. The first-order valence-corrected chi connectivity index (χ1v) is 12.0. The number of fused-ring (bicyclic) bond motifs is 6. The number of aliphatic hydroxyl groups is 1. The molecular formula is C24H38O5. The maximum Gasteiger partial charge on any atom is 0.239 e. The van der Waals surface area contributed by atoms with Gasteiger partial charge in [0.2, 0.25) is 5.79 Å². The van der Waals surface area contributed by atoms with Crippen LogP contribution in [0.5, 0.6) is 0 Å². The van der Waals surface area contributed by atoms with E-state index in [-0.39, 0.29) is 16.9 Å². The highest BCUT2D eigenvalue weighted by atomic mass is 17.3. The van der Waals surface area contributed by atoms with Crippen LogP contribution in [0.1, 0.15) is 84.5 Å². The maximum atomic E-state index is 10.2. The van der Waals surface area contributed by atoms with E-state index < -0.39 is 5.79 Å². The fraction of sp³-hybridized carbons (Fsp3) is 0.917. The highest BCUT2D eigenvalue weighted by molar-refractivity contribution is 5.25. The van der Waals surface area contributed by atoms with Gasteiger partial charge in [0.05, 0.1) is 19.3 Å². The zero-order valence-electron chi connectivity index (χ0n) is 18.2. The van der Waals surface area contributed by atoms with E-state index in [1.807, 2.05) is 0 Å². The summed E-state index contributed by atoms with van der Waals surface area (Å²) in [5.74, 6) is 1.12. The smallest absolute Gasteiger partial charge is 0.239 e. The van der Waals surface area contributed by atoms with Gasteiger partial charge in [-0.2, -0.15) is 9.78 Å². The highest BCUT2D eigenvalue weighted by Crippen LogP contribution is 2.68. The van der Waals surface area contributed by atoms with Gasteiger partial charge < -0.3 is 5.11 Å². The number of aliphatic hydroxyl groups excluding tert-OH is 1. The van der Waals surface area contributed by atoms with Crippen molar-refractivity contribution in [2.24, 2.45) is 28.6 Å². The molecule has 1 saturated heterocycles. The summed E-state index contributed by atoms with van der Waals surface area (Å²) in [6, 6.07) is 0. The number of hydrogen-bond acceptors (Lipinski definition) is 5. The van der Waals surface area contributed by atoms with Crippen molar-refractivity contribution >= 4 is 0 Å². The molecule has 0 unspecified atom stereocenters. The molecular weight excluding hydrogens is 368 g/mol. The van der Waals surface area contributed by atoms with Crippen LogP contribution in [-0.2, 0) is 19.6 Å². The molecule has 3 saturated carbocycles. The predicted molar refractivity (Wildman–Crippen MR) is 108 cm³/mol. The molecule has 0 aromatic carbocycles. The topological polar surface area (TPSA) is 57.2 Å². The minimum Gasteiger partial charge on any atom is -0.393 e. The second-order valence-corrected chi connectivity index (χ2v) is 10.8. The van der Waals surface area contributed by atoms with Crippen LogP contribution in [0, 0.1) is 28.6 Å². The fourth-order valence-corrected chi connectivity index (χ4v) is 7.66. The predicted octanol–water partition coefficient (Wildman–Crippen LogP) is 5.09. The van der Waals surface area contributed by atoms with E-state index >= 15 is 0 Å². The van der Waals surface area contributed by atoms with Gasteiger partial charge in [0.15, 0.2) is 0 Å². The molecule has 6 atom stereocenters. The van der Waals surface area contributed by atoms with Gasteiger partial charge in [-0.1, -0.05) is 25.5 Å². The van der Waals surface area contributed by atoms with Crippen LogP contribution in [0.3, 0.4) is 0 Å². The van der Waals surface area contributed by atoms with Crippen molar-refractivity contribution in [1.82, 2.24) is 0 Å². The fourth-order valence-electron chi connectivity index (χ4n) is 7.66. The van der Waals surface area contributed by atoms with Gasteiger partial charge in [0, 0.05) is 11.8 Å². The average Bonchev–Trinajstić information content (AvgIpc) is 3.00. The zero-order valence-corrected chi connectivity index (χ0v) is 18.2. The Hall–Kier alpha value is -0.460. The Bertz CT molecular complexity index is 637. The Morgan fingerprint density at radius 1 is 0.897 bits per heavy atom. The molecule has 0 aromatic heterocycles. The summed E-state index contributed by atoms with van der Waals surface area (Å²) in [6.45, 7) is 6.08. The molecule has 4 aliphatic carbocycles. The van der Waals surface area contributed by atoms with Crippen molar-refractivity contribution in [2.75, 3.05) is 13.2 Å². The molecule has 0 aromatic rings. The Morgan fingerprint density at radius 2 is 1.62 bits per heavy atom. The van der Waals surface area contributed by atoms with Crippen LogP contribution >= 0.6 is 0 Å². The zero-order chi connectivity index (χ0) is 20.1. The van der Waals surface area contributed by atoms with Crippen LogP contribution in [0.15, 0.2) is 11.6 Å². The molecule has 5 nitrogen and oxygen atoms in total. The molecule has 5 aliphatic rings. The van der Waals surface area contributed by atoms with Gasteiger partial charge in [0.1, 0.15) is 0 Å². The van der Waals surface area contributed by atoms with E-state index in [1.165, 1.54) is 12.0 Å². The second kappa shape index (κ2) is 7.59. The largest absolute Gasteiger partial charge is 0.393 e. The Kier molecular flexibility index (Phi) is 5.35. The minimum absolute atomic E-state index is 0.0940. The van der Waals surface area contributed by atoms with Gasteiger partial charge in [-0.15, -0.1) is 0 Å². The summed E-state index contributed by atoms with van der Waals surface area (Å²) >= 11 is 0. The molecule has 0 bridgehead atoms. The summed E-state index contributed by atoms with van der Waals surface area (Å²) in [5, 5.41) is 10.2. The summed E-state index contributed by atoms with van der Waals surface area (Å²) in [7, 11) is 0. The molecule has 1 N–H and O–H groups in total. The number of allylic oxidation sites excluding steroid dienone is 1. The van der Waals surface area contributed by atoms with E-state index in [1.54, 1.807) is 0 Å².